The number of aliphatic carboxylic acids is 2. The summed E-state index contributed by atoms with van der Waals surface area (Å²) >= 11 is 2.12. The van der Waals surface area contributed by atoms with E-state index in [-0.39, 0.29) is 40.1 Å². The zero-order valence-electron chi connectivity index (χ0n) is 23.7. The van der Waals surface area contributed by atoms with Crippen molar-refractivity contribution in [3.05, 3.63) is 56.6 Å². The number of esters is 1. The van der Waals surface area contributed by atoms with Gasteiger partial charge in [0.2, 0.25) is 11.0 Å². The highest BCUT2D eigenvalue weighted by Gasteiger charge is 2.54. The minimum atomic E-state index is -1.81. The van der Waals surface area contributed by atoms with Crippen LogP contribution in [0.2, 0.25) is 0 Å². The van der Waals surface area contributed by atoms with Crippen molar-refractivity contribution in [1.29, 1.82) is 0 Å². The molecular weight excluding hydrogens is 636 g/mol. The number of fused-ring (bicyclic) bond motifs is 1. The number of hydrogen-bond acceptors (Lipinski definition) is 14. The number of thiazole rings is 1. The summed E-state index contributed by atoms with van der Waals surface area (Å²) in [7, 11) is 1.16. The van der Waals surface area contributed by atoms with Gasteiger partial charge in [0, 0.05) is 22.9 Å². The molecule has 2 aromatic heterocycles. The number of anilines is 1. The summed E-state index contributed by atoms with van der Waals surface area (Å²) in [5.41, 5.74) is 2.62. The Labute approximate surface area is 261 Å². The normalized spacial score (nSPS) is 18.3. The number of amides is 2. The predicted octanol–water partition coefficient (Wildman–Crippen LogP) is -0.198. The third kappa shape index (κ3) is 6.83. The maximum absolute atomic E-state index is 13.2. The third-order valence-corrected chi connectivity index (χ3v) is 8.45. The van der Waals surface area contributed by atoms with Crippen LogP contribution in [-0.4, -0.2) is 95.1 Å². The van der Waals surface area contributed by atoms with E-state index >= 15 is 0 Å². The SMILES string of the molecule is COC(=O)Cn1cc(O)c(=O)cc1/C=C/C1=C(C(=O)O)N2C(=O)[C@@H](NC(=O)/C(=N\OC(C)(C)C(=O)O)c3csc(N)n3)[C@H]2SC1. The van der Waals surface area contributed by atoms with Gasteiger partial charge in [-0.3, -0.25) is 24.1 Å². The van der Waals surface area contributed by atoms with Crippen LogP contribution in [0.4, 0.5) is 5.13 Å². The molecule has 1 fully saturated rings. The highest BCUT2D eigenvalue weighted by molar-refractivity contribution is 8.00. The molecule has 4 rings (SSSR count). The van der Waals surface area contributed by atoms with Gasteiger partial charge in [0.15, 0.2) is 16.6 Å². The molecule has 2 atom stereocenters. The Morgan fingerprint density at radius 2 is 1.96 bits per heavy atom. The van der Waals surface area contributed by atoms with E-state index in [1.807, 2.05) is 0 Å². The fourth-order valence-electron chi connectivity index (χ4n) is 4.03. The monoisotopic (exact) mass is 662 g/mol. The second kappa shape index (κ2) is 12.8. The number of oxime groups is 1. The van der Waals surface area contributed by atoms with Crippen LogP contribution in [0.5, 0.6) is 5.75 Å². The summed E-state index contributed by atoms with van der Waals surface area (Å²) in [5.74, 6) is -5.69. The predicted molar refractivity (Wildman–Crippen MR) is 159 cm³/mol. The van der Waals surface area contributed by atoms with Crippen molar-refractivity contribution in [1.82, 2.24) is 19.8 Å². The number of carbonyl (C=O) groups is 5. The van der Waals surface area contributed by atoms with Gasteiger partial charge in [0.25, 0.3) is 11.8 Å². The number of nitrogen functional groups attached to an aromatic ring is 1. The van der Waals surface area contributed by atoms with Crippen LogP contribution in [0, 0.1) is 0 Å². The molecule has 17 nitrogen and oxygen atoms in total. The second-order valence-corrected chi connectivity index (χ2v) is 11.9. The summed E-state index contributed by atoms with van der Waals surface area (Å²) in [6, 6.07) is -0.135. The van der Waals surface area contributed by atoms with E-state index in [9.17, 15) is 44.1 Å². The number of nitrogens with one attached hydrogen (secondary N) is 1. The van der Waals surface area contributed by atoms with Crippen LogP contribution < -0.4 is 16.5 Å². The summed E-state index contributed by atoms with van der Waals surface area (Å²) in [5, 5.41) is 35.9. The number of nitrogens with two attached hydrogens (primary N) is 1. The summed E-state index contributed by atoms with van der Waals surface area (Å²) in [4.78, 5) is 84.1. The first kappa shape index (κ1) is 32.7. The highest BCUT2D eigenvalue weighted by atomic mass is 32.2. The molecule has 1 saturated heterocycles. The van der Waals surface area contributed by atoms with Crippen molar-refractivity contribution in [2.24, 2.45) is 5.16 Å². The average Bonchev–Trinajstić information content (AvgIpc) is 3.41. The molecule has 19 heteroatoms. The first-order valence-corrected chi connectivity index (χ1v) is 14.7. The number of thioether (sulfide) groups is 1. The molecule has 238 valence electrons. The highest BCUT2D eigenvalue weighted by Crippen LogP contribution is 2.41. The second-order valence-electron chi connectivity index (χ2n) is 9.94. The van der Waals surface area contributed by atoms with E-state index in [1.54, 1.807) is 0 Å². The van der Waals surface area contributed by atoms with Crippen LogP contribution in [0.25, 0.3) is 6.08 Å². The largest absolute Gasteiger partial charge is 0.503 e. The van der Waals surface area contributed by atoms with Crippen molar-refractivity contribution < 1.29 is 48.9 Å². The Balaban J connectivity index is 1.59. The smallest absolute Gasteiger partial charge is 0.352 e. The molecule has 0 bridgehead atoms. The van der Waals surface area contributed by atoms with Gasteiger partial charge >= 0.3 is 17.9 Å². The molecule has 2 aromatic rings. The molecule has 2 aliphatic rings. The van der Waals surface area contributed by atoms with E-state index in [4.69, 9.17) is 10.6 Å². The van der Waals surface area contributed by atoms with Crippen molar-refractivity contribution in [3.63, 3.8) is 0 Å². The lowest BCUT2D eigenvalue weighted by Crippen LogP contribution is -2.71. The molecule has 0 aromatic carbocycles. The van der Waals surface area contributed by atoms with E-state index < -0.39 is 63.6 Å². The molecular formula is C26H26N6O11S2. The molecule has 2 aliphatic heterocycles. The van der Waals surface area contributed by atoms with Crippen LogP contribution >= 0.6 is 23.1 Å². The van der Waals surface area contributed by atoms with E-state index in [0.717, 1.165) is 47.4 Å². The number of carboxylic acid groups (broad SMARTS) is 2. The van der Waals surface area contributed by atoms with Gasteiger partial charge in [-0.25, -0.2) is 14.6 Å². The summed E-state index contributed by atoms with van der Waals surface area (Å²) in [6.45, 7) is 2.07. The average molecular weight is 663 g/mol. The fourth-order valence-corrected chi connectivity index (χ4v) is 5.89. The minimum Gasteiger partial charge on any atom is -0.503 e. The van der Waals surface area contributed by atoms with Crippen LogP contribution in [0.1, 0.15) is 25.2 Å². The number of nitrogens with zero attached hydrogens (tertiary/aromatic N) is 4. The fraction of sp³-hybridized carbons (Fsp3) is 0.308. The van der Waals surface area contributed by atoms with E-state index in [2.05, 4.69) is 20.2 Å². The molecule has 0 aliphatic carbocycles. The quantitative estimate of drug-likeness (QED) is 0.0905. The summed E-state index contributed by atoms with van der Waals surface area (Å²) < 4.78 is 5.86. The molecule has 0 spiro atoms. The lowest BCUT2D eigenvalue weighted by atomic mass is 10.0. The zero-order valence-corrected chi connectivity index (χ0v) is 25.4. The number of rotatable bonds is 11. The molecule has 0 saturated carbocycles. The maximum Gasteiger partial charge on any atom is 0.352 e. The third-order valence-electron chi connectivity index (χ3n) is 6.47. The molecule has 6 N–H and O–H groups in total. The van der Waals surface area contributed by atoms with Crippen LogP contribution in [-0.2, 0) is 40.1 Å². The van der Waals surface area contributed by atoms with Gasteiger partial charge < -0.3 is 40.5 Å². The number of allylic oxidation sites excluding steroid dienone is 1. The number of pyridine rings is 1. The number of aromatic hydroxyl groups is 1. The Kier molecular flexibility index (Phi) is 9.33. The van der Waals surface area contributed by atoms with Gasteiger partial charge in [-0.15, -0.1) is 23.1 Å². The zero-order chi connectivity index (χ0) is 33.2. The number of methoxy groups -OCH3 is 1. The van der Waals surface area contributed by atoms with Crippen molar-refractivity contribution >= 4 is 69.7 Å². The first-order valence-electron chi connectivity index (χ1n) is 12.8. The Bertz CT molecular complexity index is 1740. The number of β-lactam (4-membered cyclic amide) rings is 1. The molecule has 0 unspecified atom stereocenters. The van der Waals surface area contributed by atoms with Crippen molar-refractivity contribution in [2.75, 3.05) is 18.6 Å². The van der Waals surface area contributed by atoms with Gasteiger partial charge in [-0.05, 0) is 25.5 Å². The number of carbonyl (C=O) groups excluding carboxylic acids is 3. The van der Waals surface area contributed by atoms with E-state index in [1.165, 1.54) is 35.9 Å². The number of hydrogen-bond donors (Lipinski definition) is 5. The molecule has 0 radical (unpaired) electrons. The number of carboxylic acids is 2. The minimum absolute atomic E-state index is 0.0328. The van der Waals surface area contributed by atoms with Gasteiger partial charge in [0.05, 0.1) is 13.3 Å². The standard InChI is InChI=1S/C26H26N6O11S2/c1-26(2,24(40)41)43-30-17(13-10-45-25(27)28-13)20(36)29-18-21(37)32-19(23(38)39)11(9-44-22(18)32)4-5-12-6-14(33)15(34)7-31(12)8-16(35)42-3/h4-7,10,18,22,34H,8-9H2,1-3H3,(H2,27,28)(H,29,36)(H,38,39)(H,40,41)/b5-4+,30-17-/t18-,22-/m1/s1. The lowest BCUT2D eigenvalue weighted by Gasteiger charge is -2.49. The topological polar surface area (TPSA) is 253 Å². The molecule has 4 heterocycles. The maximum atomic E-state index is 13.2. The van der Waals surface area contributed by atoms with Crippen molar-refractivity contribution in [2.45, 2.75) is 37.4 Å². The van der Waals surface area contributed by atoms with Gasteiger partial charge in [-0.1, -0.05) is 11.2 Å². The summed E-state index contributed by atoms with van der Waals surface area (Å²) in [6.07, 6.45) is 3.76. The van der Waals surface area contributed by atoms with E-state index in [0.29, 0.717) is 0 Å². The van der Waals surface area contributed by atoms with Gasteiger partial charge in [-0.2, -0.15) is 0 Å². The van der Waals surface area contributed by atoms with Crippen molar-refractivity contribution in [3.8, 4) is 5.75 Å². The molecule has 45 heavy (non-hydrogen) atoms. The van der Waals surface area contributed by atoms with Crippen LogP contribution in [0.3, 0.4) is 0 Å². The first-order chi connectivity index (χ1) is 21.1. The molecule has 2 amide bonds. The lowest BCUT2D eigenvalue weighted by molar-refractivity contribution is -0.161. The Morgan fingerprint density at radius 3 is 2.56 bits per heavy atom. The Hall–Kier alpha value is -5.17. The number of aromatic nitrogens is 2. The number of ether oxygens (including phenoxy) is 1. The Morgan fingerprint density at radius 1 is 1.24 bits per heavy atom. The van der Waals surface area contributed by atoms with Crippen LogP contribution in [0.15, 0.2) is 44.9 Å². The van der Waals surface area contributed by atoms with Gasteiger partial charge in [0.1, 0.15) is 29.4 Å².